The highest BCUT2D eigenvalue weighted by Gasteiger charge is 2.13. The lowest BCUT2D eigenvalue weighted by molar-refractivity contribution is 0.920. The van der Waals surface area contributed by atoms with Gasteiger partial charge in [0.05, 0.1) is 0 Å². The summed E-state index contributed by atoms with van der Waals surface area (Å²) in [6.45, 7) is 7.06. The molecule has 0 spiro atoms. The maximum Gasteiger partial charge on any atom is 0.139 e. The highest BCUT2D eigenvalue weighted by molar-refractivity contribution is 5.62. The number of aromatic nitrogens is 2. The molecular formula is C21H22N4. The molecule has 0 amide bonds. The number of nitrogens with zero attached hydrogens (tertiary/aromatic N) is 3. The van der Waals surface area contributed by atoms with Crippen LogP contribution in [0.4, 0.5) is 17.3 Å². The second-order valence-electron chi connectivity index (χ2n) is 5.74. The Morgan fingerprint density at radius 2 is 1.68 bits per heavy atom. The Morgan fingerprint density at radius 1 is 1.00 bits per heavy atom. The first-order valence-electron chi connectivity index (χ1n) is 8.33. The summed E-state index contributed by atoms with van der Waals surface area (Å²) >= 11 is 0. The summed E-state index contributed by atoms with van der Waals surface area (Å²) in [7, 11) is 0. The van der Waals surface area contributed by atoms with Gasteiger partial charge in [-0.1, -0.05) is 54.6 Å². The van der Waals surface area contributed by atoms with Crippen LogP contribution in [0.2, 0.25) is 0 Å². The second-order valence-corrected chi connectivity index (χ2v) is 5.74. The lowest BCUT2D eigenvalue weighted by Gasteiger charge is -2.25. The Balaban J connectivity index is 1.99. The zero-order chi connectivity index (χ0) is 17.5. The summed E-state index contributed by atoms with van der Waals surface area (Å²) in [5, 5.41) is 3.25. The van der Waals surface area contributed by atoms with Crippen molar-refractivity contribution < 1.29 is 0 Å². The Bertz CT molecular complexity index is 816. The molecule has 0 aliphatic heterocycles. The molecule has 1 aromatic heterocycles. The van der Waals surface area contributed by atoms with Gasteiger partial charge in [0.1, 0.15) is 17.5 Å². The van der Waals surface area contributed by atoms with E-state index in [9.17, 15) is 0 Å². The van der Waals surface area contributed by atoms with Crippen LogP contribution in [0, 0.1) is 6.92 Å². The minimum atomic E-state index is 0.667. The van der Waals surface area contributed by atoms with E-state index in [0.29, 0.717) is 6.54 Å². The van der Waals surface area contributed by atoms with E-state index in [1.54, 1.807) is 0 Å². The van der Waals surface area contributed by atoms with Crippen LogP contribution < -0.4 is 10.2 Å². The molecule has 1 heterocycles. The van der Waals surface area contributed by atoms with Crippen LogP contribution in [0.3, 0.4) is 0 Å². The van der Waals surface area contributed by atoms with Crippen molar-refractivity contribution >= 4 is 17.3 Å². The zero-order valence-electron chi connectivity index (χ0n) is 14.4. The molecule has 3 rings (SSSR count). The standard InChI is InChI=1S/C21H22N4/c1-3-14-22-20-15-21(24-17(2)23-20)25(19-12-8-5-9-13-19)16-18-10-6-4-7-11-18/h3-13,15H,1,14,16H2,2H3,(H,22,23,24). The average molecular weight is 330 g/mol. The topological polar surface area (TPSA) is 41.0 Å². The van der Waals surface area contributed by atoms with Gasteiger partial charge in [-0.15, -0.1) is 6.58 Å². The Kier molecular flexibility index (Phi) is 5.42. The van der Waals surface area contributed by atoms with E-state index in [0.717, 1.165) is 29.7 Å². The summed E-state index contributed by atoms with van der Waals surface area (Å²) < 4.78 is 0. The molecule has 0 fully saturated rings. The molecule has 0 aliphatic carbocycles. The van der Waals surface area contributed by atoms with E-state index >= 15 is 0 Å². The van der Waals surface area contributed by atoms with Gasteiger partial charge >= 0.3 is 0 Å². The molecule has 0 saturated heterocycles. The summed E-state index contributed by atoms with van der Waals surface area (Å²) in [5.41, 5.74) is 2.32. The number of benzene rings is 2. The fourth-order valence-electron chi connectivity index (χ4n) is 2.64. The van der Waals surface area contributed by atoms with Crippen molar-refractivity contribution in [2.45, 2.75) is 13.5 Å². The van der Waals surface area contributed by atoms with Crippen molar-refractivity contribution in [2.24, 2.45) is 0 Å². The summed E-state index contributed by atoms with van der Waals surface area (Å²) in [6.07, 6.45) is 1.82. The van der Waals surface area contributed by atoms with Gasteiger partial charge in [-0.25, -0.2) is 9.97 Å². The normalized spacial score (nSPS) is 10.3. The van der Waals surface area contributed by atoms with Crippen molar-refractivity contribution in [3.8, 4) is 0 Å². The molecule has 4 nitrogen and oxygen atoms in total. The molecule has 0 aliphatic rings. The minimum Gasteiger partial charge on any atom is -0.366 e. The van der Waals surface area contributed by atoms with Crippen LogP contribution in [0.15, 0.2) is 79.4 Å². The summed E-state index contributed by atoms with van der Waals surface area (Å²) in [4.78, 5) is 11.3. The molecule has 0 saturated carbocycles. The maximum atomic E-state index is 4.66. The number of nitrogens with one attached hydrogen (secondary N) is 1. The van der Waals surface area contributed by atoms with Gasteiger partial charge < -0.3 is 10.2 Å². The molecule has 0 bridgehead atoms. The van der Waals surface area contributed by atoms with Crippen LogP contribution in [-0.2, 0) is 6.54 Å². The monoisotopic (exact) mass is 330 g/mol. The number of para-hydroxylation sites is 1. The average Bonchev–Trinajstić information content (AvgIpc) is 2.65. The molecule has 0 unspecified atom stereocenters. The van der Waals surface area contributed by atoms with E-state index < -0.39 is 0 Å². The van der Waals surface area contributed by atoms with E-state index in [1.165, 1.54) is 5.56 Å². The Hall–Kier alpha value is -3.14. The molecule has 25 heavy (non-hydrogen) atoms. The second kappa shape index (κ2) is 8.11. The zero-order valence-corrected chi connectivity index (χ0v) is 14.4. The molecule has 2 aromatic carbocycles. The number of hydrogen-bond donors (Lipinski definition) is 1. The lowest BCUT2D eigenvalue weighted by atomic mass is 10.2. The van der Waals surface area contributed by atoms with Gasteiger partial charge in [-0.3, -0.25) is 0 Å². The SMILES string of the molecule is C=CCNc1cc(N(Cc2ccccc2)c2ccccc2)nc(C)n1. The van der Waals surface area contributed by atoms with Crippen LogP contribution in [0.25, 0.3) is 0 Å². The predicted molar refractivity (Wildman–Crippen MR) is 104 cm³/mol. The van der Waals surface area contributed by atoms with E-state index in [1.807, 2.05) is 43.3 Å². The summed E-state index contributed by atoms with van der Waals surface area (Å²) in [6, 6.07) is 22.7. The molecule has 3 aromatic rings. The number of hydrogen-bond acceptors (Lipinski definition) is 4. The first-order chi connectivity index (χ1) is 12.3. The van der Waals surface area contributed by atoms with Gasteiger partial charge in [0.25, 0.3) is 0 Å². The number of rotatable bonds is 7. The van der Waals surface area contributed by atoms with Crippen LogP contribution in [-0.4, -0.2) is 16.5 Å². The van der Waals surface area contributed by atoms with Gasteiger partial charge in [-0.05, 0) is 24.6 Å². The quantitative estimate of drug-likeness (QED) is 0.636. The van der Waals surface area contributed by atoms with Crippen LogP contribution in [0.5, 0.6) is 0 Å². The third kappa shape index (κ3) is 4.44. The number of aryl methyl sites for hydroxylation is 1. The van der Waals surface area contributed by atoms with Crippen molar-refractivity contribution in [1.29, 1.82) is 0 Å². The highest BCUT2D eigenvalue weighted by atomic mass is 15.2. The fraction of sp³-hybridized carbons (Fsp3) is 0.143. The van der Waals surface area contributed by atoms with E-state index in [4.69, 9.17) is 0 Å². The minimum absolute atomic E-state index is 0.667. The smallest absolute Gasteiger partial charge is 0.139 e. The van der Waals surface area contributed by atoms with Crippen molar-refractivity contribution in [1.82, 2.24) is 9.97 Å². The fourth-order valence-corrected chi connectivity index (χ4v) is 2.64. The predicted octanol–water partition coefficient (Wildman–Crippen LogP) is 4.72. The van der Waals surface area contributed by atoms with Crippen LogP contribution in [0.1, 0.15) is 11.4 Å². The molecule has 126 valence electrons. The lowest BCUT2D eigenvalue weighted by Crippen LogP contribution is -2.19. The van der Waals surface area contributed by atoms with Gasteiger partial charge in [0, 0.05) is 24.8 Å². The van der Waals surface area contributed by atoms with E-state index in [2.05, 4.69) is 63.2 Å². The van der Waals surface area contributed by atoms with Crippen molar-refractivity contribution in [2.75, 3.05) is 16.8 Å². The van der Waals surface area contributed by atoms with Gasteiger partial charge in [-0.2, -0.15) is 0 Å². The summed E-state index contributed by atoms with van der Waals surface area (Å²) in [5.74, 6) is 2.41. The molecular weight excluding hydrogens is 308 g/mol. The largest absolute Gasteiger partial charge is 0.366 e. The van der Waals surface area contributed by atoms with Crippen molar-refractivity contribution in [3.63, 3.8) is 0 Å². The molecule has 4 heteroatoms. The Morgan fingerprint density at radius 3 is 2.36 bits per heavy atom. The first kappa shape index (κ1) is 16.7. The maximum absolute atomic E-state index is 4.66. The molecule has 1 N–H and O–H groups in total. The number of anilines is 3. The molecule has 0 radical (unpaired) electrons. The van der Waals surface area contributed by atoms with Gasteiger partial charge in [0.2, 0.25) is 0 Å². The van der Waals surface area contributed by atoms with Crippen LogP contribution >= 0.6 is 0 Å². The third-order valence-corrected chi connectivity index (χ3v) is 3.78. The first-order valence-corrected chi connectivity index (χ1v) is 8.33. The van der Waals surface area contributed by atoms with E-state index in [-0.39, 0.29) is 0 Å². The Labute approximate surface area is 148 Å². The van der Waals surface area contributed by atoms with Gasteiger partial charge in [0.15, 0.2) is 0 Å². The third-order valence-electron chi connectivity index (χ3n) is 3.78. The molecule has 0 atom stereocenters. The van der Waals surface area contributed by atoms with Crippen molar-refractivity contribution in [3.05, 3.63) is 90.8 Å². The highest BCUT2D eigenvalue weighted by Crippen LogP contribution is 2.27.